The summed E-state index contributed by atoms with van der Waals surface area (Å²) in [6, 6.07) is 13.3. The minimum Gasteiger partial charge on any atom is -0.312 e. The molecule has 1 saturated heterocycles. The number of carbonyl (C=O) groups is 2. The van der Waals surface area contributed by atoms with E-state index < -0.39 is 5.92 Å². The van der Waals surface area contributed by atoms with E-state index in [1.807, 2.05) is 31.2 Å². The molecule has 25 heavy (non-hydrogen) atoms. The van der Waals surface area contributed by atoms with Crippen LogP contribution in [-0.4, -0.2) is 24.9 Å². The number of carbonyl (C=O) groups excluding carboxylic acids is 2. The number of halogens is 2. The molecule has 130 valence electrons. The van der Waals surface area contributed by atoms with Crippen molar-refractivity contribution in [2.75, 3.05) is 22.9 Å². The second-order valence-electron chi connectivity index (χ2n) is 5.92. The Morgan fingerprint density at radius 3 is 2.56 bits per heavy atom. The Morgan fingerprint density at radius 1 is 1.24 bits per heavy atom. The Balaban J connectivity index is 1.80. The Morgan fingerprint density at radius 2 is 1.92 bits per heavy atom. The van der Waals surface area contributed by atoms with E-state index in [2.05, 4.69) is 15.9 Å². The van der Waals surface area contributed by atoms with Crippen molar-refractivity contribution in [2.45, 2.75) is 13.3 Å². The zero-order valence-corrected chi connectivity index (χ0v) is 15.4. The van der Waals surface area contributed by atoms with Crippen molar-refractivity contribution in [3.63, 3.8) is 0 Å². The summed E-state index contributed by atoms with van der Waals surface area (Å²) in [5.74, 6) is -0.939. The third-order valence-electron chi connectivity index (χ3n) is 4.34. The minimum absolute atomic E-state index is 0.0691. The monoisotopic (exact) mass is 404 g/mol. The van der Waals surface area contributed by atoms with Crippen molar-refractivity contribution in [1.82, 2.24) is 0 Å². The summed E-state index contributed by atoms with van der Waals surface area (Å²) in [6.45, 7) is 2.67. The number of amides is 2. The lowest BCUT2D eigenvalue weighted by Crippen LogP contribution is -2.37. The van der Waals surface area contributed by atoms with Gasteiger partial charge >= 0.3 is 0 Å². The van der Waals surface area contributed by atoms with Gasteiger partial charge < -0.3 is 9.80 Å². The highest BCUT2D eigenvalue weighted by atomic mass is 79.9. The van der Waals surface area contributed by atoms with Crippen molar-refractivity contribution >= 4 is 39.1 Å². The van der Waals surface area contributed by atoms with Gasteiger partial charge in [-0.25, -0.2) is 4.39 Å². The fourth-order valence-corrected chi connectivity index (χ4v) is 3.58. The molecule has 1 unspecified atom stereocenters. The number of hydrogen-bond donors (Lipinski definition) is 0. The highest BCUT2D eigenvalue weighted by molar-refractivity contribution is 9.10. The maximum Gasteiger partial charge on any atom is 0.232 e. The highest BCUT2D eigenvalue weighted by Gasteiger charge is 2.37. The van der Waals surface area contributed by atoms with Crippen LogP contribution in [0.2, 0.25) is 0 Å². The van der Waals surface area contributed by atoms with Crippen molar-refractivity contribution in [2.24, 2.45) is 5.92 Å². The summed E-state index contributed by atoms with van der Waals surface area (Å²) in [6.07, 6.45) is 0.178. The first-order chi connectivity index (χ1) is 12.0. The number of benzene rings is 2. The molecule has 2 aromatic rings. The minimum atomic E-state index is -0.412. The number of anilines is 2. The normalized spacial score (nSPS) is 17.0. The molecule has 0 aliphatic carbocycles. The van der Waals surface area contributed by atoms with Gasteiger partial charge in [0.2, 0.25) is 11.8 Å². The third-order valence-corrected chi connectivity index (χ3v) is 5.01. The molecule has 0 bridgehead atoms. The largest absolute Gasteiger partial charge is 0.312 e. The van der Waals surface area contributed by atoms with Crippen LogP contribution in [0.4, 0.5) is 15.8 Å². The van der Waals surface area contributed by atoms with Gasteiger partial charge in [0.05, 0.1) is 11.6 Å². The SMILES string of the molecule is CCN(C(=O)C1CC(=O)N(c2ccccc2Br)C1)c1ccc(F)cc1. The van der Waals surface area contributed by atoms with Gasteiger partial charge in [-0.2, -0.15) is 0 Å². The Hall–Kier alpha value is -2.21. The molecule has 1 heterocycles. The molecule has 6 heteroatoms. The van der Waals surface area contributed by atoms with E-state index in [1.54, 1.807) is 21.9 Å². The van der Waals surface area contributed by atoms with Crippen LogP contribution in [0.25, 0.3) is 0 Å². The van der Waals surface area contributed by atoms with Gasteiger partial charge in [0.25, 0.3) is 0 Å². The van der Waals surface area contributed by atoms with Crippen molar-refractivity contribution in [3.05, 3.63) is 58.8 Å². The fourth-order valence-electron chi connectivity index (χ4n) is 3.08. The van der Waals surface area contributed by atoms with E-state index in [0.717, 1.165) is 10.2 Å². The first kappa shape index (κ1) is 17.6. The predicted molar refractivity (Wildman–Crippen MR) is 99.0 cm³/mol. The predicted octanol–water partition coefficient (Wildman–Crippen LogP) is 3.99. The first-order valence-corrected chi connectivity index (χ1v) is 8.92. The Bertz CT molecular complexity index is 794. The van der Waals surface area contributed by atoms with E-state index in [4.69, 9.17) is 0 Å². The van der Waals surface area contributed by atoms with E-state index in [1.165, 1.54) is 12.1 Å². The maximum atomic E-state index is 13.1. The summed E-state index contributed by atoms with van der Waals surface area (Å²) in [5, 5.41) is 0. The molecule has 3 rings (SSSR count). The Labute approximate surface area is 154 Å². The van der Waals surface area contributed by atoms with E-state index >= 15 is 0 Å². The summed E-state index contributed by atoms with van der Waals surface area (Å²) in [5.41, 5.74) is 1.41. The Kier molecular flexibility index (Phi) is 5.18. The average Bonchev–Trinajstić information content (AvgIpc) is 2.99. The molecule has 2 aromatic carbocycles. The molecule has 0 aromatic heterocycles. The molecule has 0 spiro atoms. The van der Waals surface area contributed by atoms with Crippen LogP contribution in [0, 0.1) is 11.7 Å². The topological polar surface area (TPSA) is 40.6 Å². The molecule has 1 fully saturated rings. The van der Waals surface area contributed by atoms with Gasteiger partial charge in [-0.1, -0.05) is 12.1 Å². The molecule has 1 atom stereocenters. The van der Waals surface area contributed by atoms with Crippen LogP contribution in [0.3, 0.4) is 0 Å². The van der Waals surface area contributed by atoms with Crippen molar-refractivity contribution < 1.29 is 14.0 Å². The third kappa shape index (κ3) is 3.58. The molecule has 1 aliphatic heterocycles. The van der Waals surface area contributed by atoms with Gasteiger partial charge in [0, 0.05) is 29.7 Å². The van der Waals surface area contributed by atoms with Gasteiger partial charge in [-0.3, -0.25) is 9.59 Å². The standard InChI is InChI=1S/C19H18BrFN2O2/c1-2-22(15-9-7-14(21)8-10-15)19(25)13-11-18(24)23(12-13)17-6-4-3-5-16(17)20/h3-10,13H,2,11-12H2,1H3. The second-order valence-corrected chi connectivity index (χ2v) is 6.77. The lowest BCUT2D eigenvalue weighted by Gasteiger charge is -2.24. The quantitative estimate of drug-likeness (QED) is 0.772. The lowest BCUT2D eigenvalue weighted by molar-refractivity contribution is -0.124. The van der Waals surface area contributed by atoms with Crippen molar-refractivity contribution in [1.29, 1.82) is 0 Å². The smallest absolute Gasteiger partial charge is 0.232 e. The number of nitrogens with zero attached hydrogens (tertiary/aromatic N) is 2. The van der Waals surface area contributed by atoms with Gasteiger partial charge in [-0.05, 0) is 59.3 Å². The summed E-state index contributed by atoms with van der Waals surface area (Å²) < 4.78 is 13.9. The first-order valence-electron chi connectivity index (χ1n) is 8.13. The van der Waals surface area contributed by atoms with Crippen LogP contribution in [0.1, 0.15) is 13.3 Å². The molecular formula is C19H18BrFN2O2. The van der Waals surface area contributed by atoms with Crippen LogP contribution in [0.5, 0.6) is 0 Å². The zero-order chi connectivity index (χ0) is 18.0. The fraction of sp³-hybridized carbons (Fsp3) is 0.263. The lowest BCUT2D eigenvalue weighted by atomic mass is 10.1. The number of rotatable bonds is 4. The molecule has 0 saturated carbocycles. The van der Waals surface area contributed by atoms with Gasteiger partial charge in [0.15, 0.2) is 0 Å². The molecular weight excluding hydrogens is 387 g/mol. The van der Waals surface area contributed by atoms with Gasteiger partial charge in [-0.15, -0.1) is 0 Å². The van der Waals surface area contributed by atoms with E-state index in [-0.39, 0.29) is 24.1 Å². The zero-order valence-electron chi connectivity index (χ0n) is 13.8. The van der Waals surface area contributed by atoms with E-state index in [9.17, 15) is 14.0 Å². The molecule has 0 N–H and O–H groups in total. The van der Waals surface area contributed by atoms with Crippen molar-refractivity contribution in [3.8, 4) is 0 Å². The van der Waals surface area contributed by atoms with Crippen LogP contribution in [0.15, 0.2) is 53.0 Å². The summed E-state index contributed by atoms with van der Waals surface area (Å²) >= 11 is 3.45. The average molecular weight is 405 g/mol. The maximum absolute atomic E-state index is 13.1. The molecule has 0 radical (unpaired) electrons. The number of para-hydroxylation sites is 1. The molecule has 1 aliphatic rings. The molecule has 4 nitrogen and oxygen atoms in total. The van der Waals surface area contributed by atoms with Crippen LogP contribution >= 0.6 is 15.9 Å². The van der Waals surface area contributed by atoms with Crippen LogP contribution < -0.4 is 9.80 Å². The summed E-state index contributed by atoms with van der Waals surface area (Å²) in [4.78, 5) is 28.6. The van der Waals surface area contributed by atoms with Crippen LogP contribution in [-0.2, 0) is 9.59 Å². The summed E-state index contributed by atoms with van der Waals surface area (Å²) in [7, 11) is 0. The van der Waals surface area contributed by atoms with Gasteiger partial charge in [0.1, 0.15) is 5.82 Å². The highest BCUT2D eigenvalue weighted by Crippen LogP contribution is 2.32. The molecule has 2 amide bonds. The second kappa shape index (κ2) is 7.35. The van der Waals surface area contributed by atoms with E-state index in [0.29, 0.717) is 18.8 Å². The number of hydrogen-bond acceptors (Lipinski definition) is 2.